The van der Waals surface area contributed by atoms with Gasteiger partial charge in [0.1, 0.15) is 12.4 Å². The van der Waals surface area contributed by atoms with E-state index in [9.17, 15) is 14.0 Å². The Labute approximate surface area is 160 Å². The maximum absolute atomic E-state index is 13.5. The van der Waals surface area contributed by atoms with Crippen LogP contribution in [0.15, 0.2) is 42.5 Å². The molecule has 5 nitrogen and oxygen atoms in total. The molecule has 1 unspecified atom stereocenters. The molecule has 0 spiro atoms. The van der Waals surface area contributed by atoms with E-state index in [1.54, 1.807) is 17.7 Å². The van der Waals surface area contributed by atoms with E-state index in [4.69, 9.17) is 16.7 Å². The van der Waals surface area contributed by atoms with Crippen molar-refractivity contribution in [1.82, 2.24) is 9.88 Å². The number of amides is 1. The average molecular weight is 389 g/mol. The van der Waals surface area contributed by atoms with Crippen molar-refractivity contribution in [3.8, 4) is 0 Å². The molecule has 140 valence electrons. The third-order valence-corrected chi connectivity index (χ3v) is 5.11. The molecule has 0 aliphatic heterocycles. The van der Waals surface area contributed by atoms with E-state index < -0.39 is 24.6 Å². The fraction of sp³-hybridized carbons (Fsp3) is 0.200. The maximum Gasteiger partial charge on any atom is 0.335 e. The first-order valence-corrected chi connectivity index (χ1v) is 8.66. The lowest BCUT2D eigenvalue weighted by Gasteiger charge is -2.16. The second-order valence-corrected chi connectivity index (χ2v) is 6.70. The molecule has 3 aromatic rings. The highest BCUT2D eigenvalue weighted by atomic mass is 35.5. The van der Waals surface area contributed by atoms with Crippen molar-refractivity contribution in [1.29, 1.82) is 0 Å². The van der Waals surface area contributed by atoms with Crippen molar-refractivity contribution in [2.24, 2.45) is 7.05 Å². The second kappa shape index (κ2) is 7.40. The predicted molar refractivity (Wildman–Crippen MR) is 102 cm³/mol. The molecule has 1 amide bonds. The number of fused-ring (bicyclic) bond motifs is 1. The molecule has 0 bridgehead atoms. The van der Waals surface area contributed by atoms with Crippen LogP contribution in [0.1, 0.15) is 38.0 Å². The number of nitrogens with one attached hydrogen (secondary N) is 1. The first-order valence-electron chi connectivity index (χ1n) is 8.28. The number of rotatable bonds is 5. The fourth-order valence-corrected chi connectivity index (χ4v) is 3.22. The molecule has 0 aliphatic carbocycles. The van der Waals surface area contributed by atoms with Crippen LogP contribution in [0, 0.1) is 6.92 Å². The molecule has 2 aromatic carbocycles. The van der Waals surface area contributed by atoms with Gasteiger partial charge in [-0.15, -0.1) is 0 Å². The summed E-state index contributed by atoms with van der Waals surface area (Å²) < 4.78 is 15.2. The molecule has 3 rings (SSSR count). The highest BCUT2D eigenvalue weighted by Gasteiger charge is 2.20. The molecular weight excluding hydrogens is 371 g/mol. The smallest absolute Gasteiger partial charge is 0.335 e. The van der Waals surface area contributed by atoms with Gasteiger partial charge in [0, 0.05) is 18.0 Å². The summed E-state index contributed by atoms with van der Waals surface area (Å²) in [5.41, 5.74) is 2.66. The van der Waals surface area contributed by atoms with Crippen LogP contribution in [0.3, 0.4) is 0 Å². The summed E-state index contributed by atoms with van der Waals surface area (Å²) in [5, 5.41) is 12.9. The number of aryl methyl sites for hydroxylation is 2. The molecule has 0 fully saturated rings. The summed E-state index contributed by atoms with van der Waals surface area (Å²) in [7, 11) is 1.75. The van der Waals surface area contributed by atoms with Gasteiger partial charge < -0.3 is 15.0 Å². The van der Waals surface area contributed by atoms with Crippen LogP contribution < -0.4 is 5.32 Å². The Kier molecular flexibility index (Phi) is 5.19. The van der Waals surface area contributed by atoms with Crippen LogP contribution in [0.4, 0.5) is 4.39 Å². The summed E-state index contributed by atoms with van der Waals surface area (Å²) in [6.45, 7) is 1.07. The molecule has 2 N–H and O–H groups in total. The third-order valence-electron chi connectivity index (χ3n) is 4.61. The van der Waals surface area contributed by atoms with Gasteiger partial charge in [0.2, 0.25) is 0 Å². The van der Waals surface area contributed by atoms with E-state index >= 15 is 0 Å². The van der Waals surface area contributed by atoms with Gasteiger partial charge in [0.05, 0.1) is 16.6 Å². The van der Waals surface area contributed by atoms with Crippen molar-refractivity contribution in [3.05, 3.63) is 69.9 Å². The van der Waals surface area contributed by atoms with E-state index in [1.807, 2.05) is 19.1 Å². The molecule has 1 atom stereocenters. The van der Waals surface area contributed by atoms with E-state index in [0.717, 1.165) is 16.5 Å². The van der Waals surface area contributed by atoms with Gasteiger partial charge in [0.15, 0.2) is 0 Å². The molecule has 27 heavy (non-hydrogen) atoms. The van der Waals surface area contributed by atoms with Crippen molar-refractivity contribution in [2.75, 3.05) is 6.67 Å². The Morgan fingerprint density at radius 2 is 1.89 bits per heavy atom. The number of carbonyl (C=O) groups excluding carboxylic acids is 1. The molecule has 1 aromatic heterocycles. The van der Waals surface area contributed by atoms with Gasteiger partial charge in [-0.2, -0.15) is 0 Å². The minimum Gasteiger partial charge on any atom is -0.478 e. The summed E-state index contributed by atoms with van der Waals surface area (Å²) >= 11 is 6.33. The van der Waals surface area contributed by atoms with E-state index in [2.05, 4.69) is 5.32 Å². The molecule has 0 aliphatic rings. The predicted octanol–water partition coefficient (Wildman–Crippen LogP) is 4.28. The lowest BCUT2D eigenvalue weighted by atomic mass is 10.1. The van der Waals surface area contributed by atoms with Crippen molar-refractivity contribution in [2.45, 2.75) is 13.0 Å². The van der Waals surface area contributed by atoms with Crippen molar-refractivity contribution < 1.29 is 19.1 Å². The van der Waals surface area contributed by atoms with E-state index in [0.29, 0.717) is 16.3 Å². The Balaban J connectivity index is 1.89. The Morgan fingerprint density at radius 1 is 1.22 bits per heavy atom. The quantitative estimate of drug-likeness (QED) is 0.685. The summed E-state index contributed by atoms with van der Waals surface area (Å²) in [5.74, 6) is -1.50. The number of alkyl halides is 1. The largest absolute Gasteiger partial charge is 0.478 e. The molecule has 0 saturated heterocycles. The van der Waals surface area contributed by atoms with Crippen molar-refractivity contribution >= 4 is 34.4 Å². The first kappa shape index (κ1) is 18.9. The lowest BCUT2D eigenvalue weighted by Crippen LogP contribution is -2.31. The molecule has 0 saturated carbocycles. The minimum absolute atomic E-state index is 0.0985. The highest BCUT2D eigenvalue weighted by Crippen LogP contribution is 2.29. The summed E-state index contributed by atoms with van der Waals surface area (Å²) in [6, 6.07) is 10.3. The Morgan fingerprint density at radius 3 is 2.48 bits per heavy atom. The Bertz CT molecular complexity index is 1030. The number of aromatic nitrogens is 1. The van der Waals surface area contributed by atoms with Gasteiger partial charge in [-0.1, -0.05) is 29.8 Å². The lowest BCUT2D eigenvalue weighted by molar-refractivity contribution is 0.0696. The van der Waals surface area contributed by atoms with Gasteiger partial charge in [-0.25, -0.2) is 9.18 Å². The van der Waals surface area contributed by atoms with Crippen LogP contribution >= 0.6 is 11.6 Å². The molecule has 1 heterocycles. The van der Waals surface area contributed by atoms with Crippen LogP contribution in [0.2, 0.25) is 5.02 Å². The minimum atomic E-state index is -1.06. The van der Waals surface area contributed by atoms with E-state index in [1.165, 1.54) is 24.3 Å². The second-order valence-electron chi connectivity index (χ2n) is 6.33. The van der Waals surface area contributed by atoms with Gasteiger partial charge in [-0.3, -0.25) is 4.79 Å². The summed E-state index contributed by atoms with van der Waals surface area (Å²) in [6.07, 6.45) is 0. The monoisotopic (exact) mass is 388 g/mol. The zero-order valence-corrected chi connectivity index (χ0v) is 15.5. The zero-order chi connectivity index (χ0) is 19.7. The van der Waals surface area contributed by atoms with Crippen LogP contribution in [-0.4, -0.2) is 28.2 Å². The number of hydrogen-bond acceptors (Lipinski definition) is 2. The number of hydrogen-bond donors (Lipinski definition) is 2. The molecular formula is C20H18ClFN2O3. The first-order chi connectivity index (χ1) is 12.8. The molecule has 0 radical (unpaired) electrons. The fourth-order valence-electron chi connectivity index (χ4n) is 3.00. The third kappa shape index (κ3) is 3.53. The topological polar surface area (TPSA) is 71.3 Å². The van der Waals surface area contributed by atoms with Gasteiger partial charge >= 0.3 is 5.97 Å². The van der Waals surface area contributed by atoms with Gasteiger partial charge in [0.25, 0.3) is 5.91 Å². The number of halogens is 2. The maximum atomic E-state index is 13.5. The number of carbonyl (C=O) groups is 2. The molecule has 7 heteroatoms. The number of carboxylic acids is 1. The highest BCUT2D eigenvalue weighted by molar-refractivity contribution is 6.36. The standard InChI is InChI=1S/C20H18ClFN2O3/c1-11-3-8-16-14(18(11)21)9-17(24(16)2)19(25)23-15(10-22)12-4-6-13(7-5-12)20(26)27/h3-9,15H,10H2,1-2H3,(H,23,25)(H,26,27). The normalized spacial score (nSPS) is 12.1. The van der Waals surface area contributed by atoms with Crippen LogP contribution in [-0.2, 0) is 7.05 Å². The average Bonchev–Trinajstić information content (AvgIpc) is 3.00. The SMILES string of the molecule is Cc1ccc2c(cc(C(=O)NC(CF)c3ccc(C(=O)O)cc3)n2C)c1Cl. The Hall–Kier alpha value is -2.86. The van der Waals surface area contributed by atoms with Gasteiger partial charge in [-0.05, 0) is 42.3 Å². The number of nitrogens with zero attached hydrogens (tertiary/aromatic N) is 1. The summed E-state index contributed by atoms with van der Waals surface area (Å²) in [4.78, 5) is 23.6. The number of aromatic carboxylic acids is 1. The van der Waals surface area contributed by atoms with Crippen LogP contribution in [0.5, 0.6) is 0 Å². The van der Waals surface area contributed by atoms with Crippen molar-refractivity contribution in [3.63, 3.8) is 0 Å². The van der Waals surface area contributed by atoms with E-state index in [-0.39, 0.29) is 5.56 Å². The zero-order valence-electron chi connectivity index (χ0n) is 14.8. The van der Waals surface area contributed by atoms with Crippen LogP contribution in [0.25, 0.3) is 10.9 Å². The number of benzene rings is 2. The number of carboxylic acid groups (broad SMARTS) is 1.